The van der Waals surface area contributed by atoms with E-state index in [1.54, 1.807) is 0 Å². The SMILES string of the molecule is C=CCC(C)NCC(=O)OC. The van der Waals surface area contributed by atoms with Gasteiger partial charge in [-0.25, -0.2) is 0 Å². The molecule has 0 heterocycles. The Balaban J connectivity index is 3.36. The number of carbonyl (C=O) groups is 1. The van der Waals surface area contributed by atoms with E-state index in [0.29, 0.717) is 0 Å². The van der Waals surface area contributed by atoms with E-state index in [4.69, 9.17) is 0 Å². The minimum Gasteiger partial charge on any atom is -0.468 e. The largest absolute Gasteiger partial charge is 0.468 e. The van der Waals surface area contributed by atoms with Gasteiger partial charge in [0.2, 0.25) is 0 Å². The number of methoxy groups -OCH3 is 1. The van der Waals surface area contributed by atoms with Crippen molar-refractivity contribution in [3.8, 4) is 0 Å². The lowest BCUT2D eigenvalue weighted by molar-refractivity contribution is -0.139. The lowest BCUT2D eigenvalue weighted by atomic mass is 10.2. The van der Waals surface area contributed by atoms with Crippen molar-refractivity contribution in [3.05, 3.63) is 12.7 Å². The summed E-state index contributed by atoms with van der Waals surface area (Å²) in [4.78, 5) is 10.6. The molecule has 0 saturated carbocycles. The summed E-state index contributed by atoms with van der Waals surface area (Å²) < 4.78 is 4.45. The van der Waals surface area contributed by atoms with Crippen LogP contribution in [0.2, 0.25) is 0 Å². The summed E-state index contributed by atoms with van der Waals surface area (Å²) in [7, 11) is 1.38. The molecule has 3 heteroatoms. The van der Waals surface area contributed by atoms with Crippen molar-refractivity contribution in [2.45, 2.75) is 19.4 Å². The highest BCUT2D eigenvalue weighted by atomic mass is 16.5. The van der Waals surface area contributed by atoms with Crippen LogP contribution in [-0.4, -0.2) is 25.7 Å². The molecule has 0 spiro atoms. The normalized spacial score (nSPS) is 12.2. The molecule has 11 heavy (non-hydrogen) atoms. The van der Waals surface area contributed by atoms with E-state index in [-0.39, 0.29) is 18.6 Å². The maximum atomic E-state index is 10.6. The van der Waals surface area contributed by atoms with Crippen LogP contribution in [0, 0.1) is 0 Å². The first-order valence-electron chi connectivity index (χ1n) is 3.61. The number of rotatable bonds is 5. The van der Waals surface area contributed by atoms with E-state index in [9.17, 15) is 4.79 Å². The fourth-order valence-electron chi connectivity index (χ4n) is 0.663. The molecule has 1 atom stereocenters. The average Bonchev–Trinajstić information content (AvgIpc) is 2.01. The molecule has 0 radical (unpaired) electrons. The minimum atomic E-state index is -0.235. The molecule has 0 amide bonds. The van der Waals surface area contributed by atoms with E-state index >= 15 is 0 Å². The van der Waals surface area contributed by atoms with Gasteiger partial charge in [0.1, 0.15) is 0 Å². The van der Waals surface area contributed by atoms with Crippen molar-refractivity contribution in [2.75, 3.05) is 13.7 Å². The van der Waals surface area contributed by atoms with Gasteiger partial charge in [-0.15, -0.1) is 6.58 Å². The Morgan fingerprint density at radius 3 is 2.91 bits per heavy atom. The molecule has 0 fully saturated rings. The van der Waals surface area contributed by atoms with Crippen LogP contribution in [0.1, 0.15) is 13.3 Å². The fourth-order valence-corrected chi connectivity index (χ4v) is 0.663. The van der Waals surface area contributed by atoms with Crippen molar-refractivity contribution in [2.24, 2.45) is 0 Å². The molecule has 0 aromatic heterocycles. The molecule has 0 aliphatic carbocycles. The molecule has 0 aromatic carbocycles. The number of hydrogen-bond acceptors (Lipinski definition) is 3. The second-order valence-electron chi connectivity index (χ2n) is 2.38. The Kier molecular flexibility index (Phi) is 5.47. The summed E-state index contributed by atoms with van der Waals surface area (Å²) in [5.41, 5.74) is 0. The highest BCUT2D eigenvalue weighted by Crippen LogP contribution is 1.89. The van der Waals surface area contributed by atoms with Crippen LogP contribution in [0.25, 0.3) is 0 Å². The third kappa shape index (κ3) is 5.61. The monoisotopic (exact) mass is 157 g/mol. The van der Waals surface area contributed by atoms with E-state index in [2.05, 4.69) is 16.6 Å². The van der Waals surface area contributed by atoms with Crippen LogP contribution in [0.3, 0.4) is 0 Å². The molecule has 1 N–H and O–H groups in total. The van der Waals surface area contributed by atoms with E-state index < -0.39 is 0 Å². The lowest BCUT2D eigenvalue weighted by Crippen LogP contribution is -2.31. The van der Waals surface area contributed by atoms with Gasteiger partial charge in [0.15, 0.2) is 0 Å². The standard InChI is InChI=1S/C8H15NO2/c1-4-5-7(2)9-6-8(10)11-3/h4,7,9H,1,5-6H2,2-3H3. The fraction of sp³-hybridized carbons (Fsp3) is 0.625. The Morgan fingerprint density at radius 2 is 2.45 bits per heavy atom. The Bertz CT molecular complexity index is 134. The number of nitrogens with one attached hydrogen (secondary N) is 1. The summed E-state index contributed by atoms with van der Waals surface area (Å²) >= 11 is 0. The van der Waals surface area contributed by atoms with E-state index in [1.807, 2.05) is 13.0 Å². The molecule has 0 rings (SSSR count). The number of hydrogen-bond donors (Lipinski definition) is 1. The van der Waals surface area contributed by atoms with Crippen molar-refractivity contribution in [1.29, 1.82) is 0 Å². The first-order valence-corrected chi connectivity index (χ1v) is 3.61. The van der Waals surface area contributed by atoms with Gasteiger partial charge >= 0.3 is 5.97 Å². The molecule has 0 saturated heterocycles. The third-order valence-electron chi connectivity index (χ3n) is 1.34. The molecule has 3 nitrogen and oxygen atoms in total. The Labute approximate surface area is 67.4 Å². The second kappa shape index (κ2) is 5.92. The van der Waals surface area contributed by atoms with Crippen molar-refractivity contribution in [3.63, 3.8) is 0 Å². The number of ether oxygens (including phenoxy) is 1. The highest BCUT2D eigenvalue weighted by Gasteiger charge is 2.02. The van der Waals surface area contributed by atoms with Gasteiger partial charge in [-0.3, -0.25) is 4.79 Å². The summed E-state index contributed by atoms with van der Waals surface area (Å²) in [5.74, 6) is -0.235. The number of carbonyl (C=O) groups excluding carboxylic acids is 1. The van der Waals surface area contributed by atoms with Gasteiger partial charge in [0.25, 0.3) is 0 Å². The van der Waals surface area contributed by atoms with Crippen LogP contribution in [-0.2, 0) is 9.53 Å². The van der Waals surface area contributed by atoms with Gasteiger partial charge in [-0.05, 0) is 13.3 Å². The quantitative estimate of drug-likeness (QED) is 0.472. The van der Waals surface area contributed by atoms with Gasteiger partial charge in [0.05, 0.1) is 13.7 Å². The zero-order valence-corrected chi connectivity index (χ0v) is 7.09. The topological polar surface area (TPSA) is 38.3 Å². The number of esters is 1. The zero-order chi connectivity index (χ0) is 8.69. The first kappa shape index (κ1) is 10.2. The molecule has 0 aromatic rings. The predicted octanol–water partition coefficient (Wildman–Crippen LogP) is 0.714. The van der Waals surface area contributed by atoms with Crippen molar-refractivity contribution >= 4 is 5.97 Å². The smallest absolute Gasteiger partial charge is 0.319 e. The maximum absolute atomic E-state index is 10.6. The predicted molar refractivity (Wildman–Crippen MR) is 44.3 cm³/mol. The molecule has 0 aliphatic rings. The molecule has 0 aliphatic heterocycles. The molecule has 0 bridgehead atoms. The molecular formula is C8H15NO2. The van der Waals surface area contributed by atoms with Gasteiger partial charge in [-0.2, -0.15) is 0 Å². The van der Waals surface area contributed by atoms with Gasteiger partial charge in [-0.1, -0.05) is 6.08 Å². The summed E-state index contributed by atoms with van der Waals surface area (Å²) in [6.07, 6.45) is 2.67. The van der Waals surface area contributed by atoms with Crippen molar-refractivity contribution < 1.29 is 9.53 Å². The molecule has 1 unspecified atom stereocenters. The van der Waals surface area contributed by atoms with Gasteiger partial charge in [0, 0.05) is 6.04 Å². The highest BCUT2D eigenvalue weighted by molar-refractivity contribution is 5.71. The third-order valence-corrected chi connectivity index (χ3v) is 1.34. The second-order valence-corrected chi connectivity index (χ2v) is 2.38. The van der Waals surface area contributed by atoms with Crippen molar-refractivity contribution in [1.82, 2.24) is 5.32 Å². The summed E-state index contributed by atoms with van der Waals surface area (Å²) in [6, 6.07) is 0.284. The molecular weight excluding hydrogens is 142 g/mol. The zero-order valence-electron chi connectivity index (χ0n) is 7.09. The average molecular weight is 157 g/mol. The lowest BCUT2D eigenvalue weighted by Gasteiger charge is -2.09. The maximum Gasteiger partial charge on any atom is 0.319 e. The van der Waals surface area contributed by atoms with Crippen LogP contribution >= 0.6 is 0 Å². The minimum absolute atomic E-state index is 0.235. The van der Waals surface area contributed by atoms with E-state index in [0.717, 1.165) is 6.42 Å². The first-order chi connectivity index (χ1) is 5.20. The van der Waals surface area contributed by atoms with Crippen LogP contribution in [0.4, 0.5) is 0 Å². The van der Waals surface area contributed by atoms with Crippen LogP contribution in [0.15, 0.2) is 12.7 Å². The Hall–Kier alpha value is -0.830. The summed E-state index contributed by atoms with van der Waals surface area (Å²) in [6.45, 7) is 5.85. The summed E-state index contributed by atoms with van der Waals surface area (Å²) in [5, 5.41) is 2.99. The Morgan fingerprint density at radius 1 is 1.82 bits per heavy atom. The van der Waals surface area contributed by atoms with Crippen LogP contribution in [0.5, 0.6) is 0 Å². The van der Waals surface area contributed by atoms with Crippen LogP contribution < -0.4 is 5.32 Å². The molecule has 64 valence electrons. The van der Waals surface area contributed by atoms with E-state index in [1.165, 1.54) is 7.11 Å². The van der Waals surface area contributed by atoms with Gasteiger partial charge < -0.3 is 10.1 Å².